The van der Waals surface area contributed by atoms with Crippen molar-refractivity contribution >= 4 is 27.3 Å². The third-order valence-electron chi connectivity index (χ3n) is 2.31. The third kappa shape index (κ3) is 2.81. The molecule has 0 aliphatic heterocycles. The highest BCUT2D eigenvalue weighted by molar-refractivity contribution is 7.87. The fourth-order valence-electron chi connectivity index (χ4n) is 1.51. The SMILES string of the molecule is O=S(=O)(O)N(Cc1cccs1)c1ccccc1O. The van der Waals surface area contributed by atoms with Gasteiger partial charge in [0.2, 0.25) is 0 Å². The molecule has 0 amide bonds. The van der Waals surface area contributed by atoms with Gasteiger partial charge in [0.25, 0.3) is 0 Å². The standard InChI is InChI=1S/C11H11NO4S2/c13-11-6-2-1-5-10(11)12(18(14,15)16)8-9-4-3-7-17-9/h1-7,13H,8H2,(H,14,15,16). The first-order valence-corrected chi connectivity index (χ1v) is 7.31. The Morgan fingerprint density at radius 3 is 2.44 bits per heavy atom. The minimum Gasteiger partial charge on any atom is -0.506 e. The van der Waals surface area contributed by atoms with E-state index in [-0.39, 0.29) is 18.0 Å². The van der Waals surface area contributed by atoms with Gasteiger partial charge in [0.1, 0.15) is 5.75 Å². The summed E-state index contributed by atoms with van der Waals surface area (Å²) in [5.74, 6) is -0.202. The summed E-state index contributed by atoms with van der Waals surface area (Å²) in [5, 5.41) is 11.5. The van der Waals surface area contributed by atoms with Crippen LogP contribution >= 0.6 is 11.3 Å². The molecule has 7 heteroatoms. The summed E-state index contributed by atoms with van der Waals surface area (Å²) in [6.45, 7) is -0.0198. The molecule has 0 saturated carbocycles. The molecule has 0 aliphatic carbocycles. The molecule has 0 radical (unpaired) electrons. The van der Waals surface area contributed by atoms with Gasteiger partial charge in [-0.2, -0.15) is 8.42 Å². The second kappa shape index (κ2) is 4.97. The Kier molecular flexibility index (Phi) is 3.55. The third-order valence-corrected chi connectivity index (χ3v) is 4.05. The Hall–Kier alpha value is -1.57. The van der Waals surface area contributed by atoms with Crippen LogP contribution in [0.4, 0.5) is 5.69 Å². The number of hydrogen-bond acceptors (Lipinski definition) is 4. The molecule has 5 nitrogen and oxygen atoms in total. The minimum absolute atomic E-state index is 0.0198. The lowest BCUT2D eigenvalue weighted by molar-refractivity contribution is 0.464. The first-order chi connectivity index (χ1) is 8.48. The van der Waals surface area contributed by atoms with Gasteiger partial charge in [-0.3, -0.25) is 4.55 Å². The molecule has 1 aromatic heterocycles. The van der Waals surface area contributed by atoms with E-state index in [4.69, 9.17) is 0 Å². The van der Waals surface area contributed by atoms with Crippen molar-refractivity contribution in [1.29, 1.82) is 0 Å². The van der Waals surface area contributed by atoms with Crippen molar-refractivity contribution in [3.05, 3.63) is 46.7 Å². The molecule has 0 bridgehead atoms. The number of anilines is 1. The fourth-order valence-corrected chi connectivity index (χ4v) is 2.99. The van der Waals surface area contributed by atoms with Gasteiger partial charge in [-0.05, 0) is 23.6 Å². The number of hydrogen-bond donors (Lipinski definition) is 2. The summed E-state index contributed by atoms with van der Waals surface area (Å²) >= 11 is 1.37. The quantitative estimate of drug-likeness (QED) is 0.845. The molecule has 2 aromatic rings. The molecular weight excluding hydrogens is 274 g/mol. The first-order valence-electron chi connectivity index (χ1n) is 5.04. The summed E-state index contributed by atoms with van der Waals surface area (Å²) in [4.78, 5) is 0.760. The van der Waals surface area contributed by atoms with E-state index in [2.05, 4.69) is 0 Å². The second-order valence-electron chi connectivity index (χ2n) is 3.55. The van der Waals surface area contributed by atoms with Crippen molar-refractivity contribution in [3.63, 3.8) is 0 Å². The number of rotatable bonds is 4. The van der Waals surface area contributed by atoms with Crippen molar-refractivity contribution in [2.75, 3.05) is 4.31 Å². The summed E-state index contributed by atoms with van der Waals surface area (Å²) in [6.07, 6.45) is 0. The molecule has 96 valence electrons. The molecule has 0 atom stereocenters. The van der Waals surface area contributed by atoms with Crippen LogP contribution in [-0.4, -0.2) is 18.1 Å². The van der Waals surface area contributed by atoms with Crippen LogP contribution in [0.25, 0.3) is 0 Å². The van der Waals surface area contributed by atoms with Crippen LogP contribution in [-0.2, 0) is 16.8 Å². The van der Waals surface area contributed by atoms with Crippen LogP contribution in [0, 0.1) is 0 Å². The Bertz CT molecular complexity index is 622. The van der Waals surface area contributed by atoms with Crippen LogP contribution in [0.1, 0.15) is 4.88 Å². The van der Waals surface area contributed by atoms with Gasteiger partial charge in [-0.1, -0.05) is 18.2 Å². The van der Waals surface area contributed by atoms with Gasteiger partial charge in [0.05, 0.1) is 12.2 Å². The molecule has 2 rings (SSSR count). The van der Waals surface area contributed by atoms with E-state index in [0.717, 1.165) is 9.18 Å². The van der Waals surface area contributed by atoms with E-state index in [0.29, 0.717) is 0 Å². The lowest BCUT2D eigenvalue weighted by Gasteiger charge is -2.20. The Labute approximate surface area is 109 Å². The Morgan fingerprint density at radius 1 is 1.17 bits per heavy atom. The van der Waals surface area contributed by atoms with Gasteiger partial charge in [0, 0.05) is 4.88 Å². The van der Waals surface area contributed by atoms with Crippen molar-refractivity contribution in [1.82, 2.24) is 0 Å². The van der Waals surface area contributed by atoms with Crippen LogP contribution < -0.4 is 4.31 Å². The maximum absolute atomic E-state index is 11.4. The first kappa shape index (κ1) is 12.9. The second-order valence-corrected chi connectivity index (χ2v) is 5.92. The number of thiophene rings is 1. The molecule has 0 saturated heterocycles. The number of para-hydroxylation sites is 2. The molecule has 0 aliphatic rings. The maximum atomic E-state index is 11.4. The average molecular weight is 285 g/mol. The van der Waals surface area contributed by atoms with Crippen molar-refractivity contribution in [2.24, 2.45) is 0 Å². The summed E-state index contributed by atoms with van der Waals surface area (Å²) in [6, 6.07) is 9.49. The van der Waals surface area contributed by atoms with Gasteiger partial charge in [-0.25, -0.2) is 4.31 Å². The molecule has 0 fully saturated rings. The van der Waals surface area contributed by atoms with Gasteiger partial charge >= 0.3 is 10.3 Å². The molecule has 18 heavy (non-hydrogen) atoms. The average Bonchev–Trinajstić information content (AvgIpc) is 2.78. The molecular formula is C11H11NO4S2. The lowest BCUT2D eigenvalue weighted by Crippen LogP contribution is -2.29. The monoisotopic (exact) mass is 285 g/mol. The molecule has 1 aromatic carbocycles. The van der Waals surface area contributed by atoms with E-state index in [1.807, 2.05) is 5.38 Å². The summed E-state index contributed by atoms with van der Waals surface area (Å²) in [7, 11) is -4.44. The highest BCUT2D eigenvalue weighted by Crippen LogP contribution is 2.30. The maximum Gasteiger partial charge on any atom is 0.360 e. The highest BCUT2D eigenvalue weighted by Gasteiger charge is 2.22. The zero-order valence-electron chi connectivity index (χ0n) is 9.22. The Morgan fingerprint density at radius 2 is 1.89 bits per heavy atom. The Balaban J connectivity index is 2.41. The topological polar surface area (TPSA) is 77.8 Å². The van der Waals surface area contributed by atoms with E-state index < -0.39 is 10.3 Å². The number of benzene rings is 1. The zero-order chi connectivity index (χ0) is 13.2. The largest absolute Gasteiger partial charge is 0.506 e. The predicted molar refractivity (Wildman–Crippen MR) is 70.2 cm³/mol. The van der Waals surface area contributed by atoms with E-state index >= 15 is 0 Å². The summed E-state index contributed by atoms with van der Waals surface area (Å²) < 4.78 is 32.8. The van der Waals surface area contributed by atoms with Gasteiger partial charge < -0.3 is 5.11 Å². The fraction of sp³-hybridized carbons (Fsp3) is 0.0909. The molecule has 1 heterocycles. The summed E-state index contributed by atoms with van der Waals surface area (Å²) in [5.41, 5.74) is 0.0494. The number of phenolic OH excluding ortho intramolecular Hbond substituents is 1. The van der Waals surface area contributed by atoms with Gasteiger partial charge in [-0.15, -0.1) is 11.3 Å². The lowest BCUT2D eigenvalue weighted by atomic mass is 10.3. The van der Waals surface area contributed by atoms with Crippen molar-refractivity contribution < 1.29 is 18.1 Å². The molecule has 2 N–H and O–H groups in total. The van der Waals surface area contributed by atoms with Gasteiger partial charge in [0.15, 0.2) is 0 Å². The number of nitrogens with zero attached hydrogens (tertiary/aromatic N) is 1. The van der Waals surface area contributed by atoms with E-state index in [1.165, 1.54) is 23.5 Å². The van der Waals surface area contributed by atoms with Crippen molar-refractivity contribution in [3.8, 4) is 5.75 Å². The van der Waals surface area contributed by atoms with Crippen molar-refractivity contribution in [2.45, 2.75) is 6.54 Å². The van der Waals surface area contributed by atoms with Crippen LogP contribution in [0.5, 0.6) is 5.75 Å². The van der Waals surface area contributed by atoms with Crippen LogP contribution in [0.3, 0.4) is 0 Å². The predicted octanol–water partition coefficient (Wildman–Crippen LogP) is 2.26. The molecule has 0 spiro atoms. The van der Waals surface area contributed by atoms with E-state index in [1.54, 1.807) is 24.3 Å². The number of aromatic hydroxyl groups is 1. The molecule has 0 unspecified atom stereocenters. The van der Waals surface area contributed by atoms with Crippen LogP contribution in [0.15, 0.2) is 41.8 Å². The zero-order valence-corrected chi connectivity index (χ0v) is 10.9. The van der Waals surface area contributed by atoms with Crippen LogP contribution in [0.2, 0.25) is 0 Å². The minimum atomic E-state index is -4.44. The van der Waals surface area contributed by atoms with E-state index in [9.17, 15) is 18.1 Å². The smallest absolute Gasteiger partial charge is 0.360 e. The highest BCUT2D eigenvalue weighted by atomic mass is 32.2. The normalized spacial score (nSPS) is 11.4. The number of phenols is 1.